The predicted octanol–water partition coefficient (Wildman–Crippen LogP) is 4.20. The number of halogens is 2. The number of rotatable bonds is 2. The third-order valence-electron chi connectivity index (χ3n) is 3.40. The van der Waals surface area contributed by atoms with Gasteiger partial charge in [-0.2, -0.15) is 0 Å². The molecule has 0 bridgehead atoms. The Kier molecular flexibility index (Phi) is 3.98. The second-order valence-corrected chi connectivity index (χ2v) is 5.28. The highest BCUT2D eigenvalue weighted by Crippen LogP contribution is 2.37. The molecule has 0 heterocycles. The quantitative estimate of drug-likeness (QED) is 0.864. The molecule has 1 aromatic carbocycles. The van der Waals surface area contributed by atoms with Gasteiger partial charge in [-0.3, -0.25) is 0 Å². The van der Waals surface area contributed by atoms with Crippen LogP contribution in [0.2, 0.25) is 0 Å². The van der Waals surface area contributed by atoms with Crippen molar-refractivity contribution in [3.8, 4) is 0 Å². The van der Waals surface area contributed by atoms with E-state index in [1.807, 2.05) is 0 Å². The number of hydrogen-bond donors (Lipinski definition) is 1. The van der Waals surface area contributed by atoms with Gasteiger partial charge in [-0.05, 0) is 46.3 Å². The lowest BCUT2D eigenvalue weighted by atomic mass is 9.83. The third-order valence-corrected chi connectivity index (χ3v) is 4.23. The minimum atomic E-state index is -0.537. The zero-order valence-electron chi connectivity index (χ0n) is 9.13. The number of hydrogen-bond acceptors (Lipinski definition) is 1. The Bertz CT molecular complexity index is 361. The summed E-state index contributed by atoms with van der Waals surface area (Å²) in [4.78, 5) is 0. The molecule has 1 aliphatic carbocycles. The number of benzene rings is 1. The van der Waals surface area contributed by atoms with Crippen LogP contribution in [0.5, 0.6) is 0 Å². The van der Waals surface area contributed by atoms with Crippen molar-refractivity contribution in [3.63, 3.8) is 0 Å². The first-order chi connectivity index (χ1) is 7.70. The van der Waals surface area contributed by atoms with E-state index >= 15 is 0 Å². The maximum absolute atomic E-state index is 13.3. The Hall–Kier alpha value is -0.410. The molecule has 1 aliphatic rings. The van der Waals surface area contributed by atoms with Crippen molar-refractivity contribution >= 4 is 15.9 Å². The van der Waals surface area contributed by atoms with Gasteiger partial charge in [0.15, 0.2) is 0 Å². The second-order valence-electron chi connectivity index (χ2n) is 4.49. The van der Waals surface area contributed by atoms with Crippen LogP contribution in [0.4, 0.5) is 4.39 Å². The molecule has 0 radical (unpaired) electrons. The van der Waals surface area contributed by atoms with E-state index in [4.69, 9.17) is 0 Å². The molecule has 0 amide bonds. The van der Waals surface area contributed by atoms with Gasteiger partial charge in [0.2, 0.25) is 0 Å². The standard InChI is InChI=1S/C13H16BrFO/c14-12-10(7-4-8-11(12)15)13(16)9-5-2-1-3-6-9/h4,7-9,13,16H,1-3,5-6H2. The highest BCUT2D eigenvalue weighted by Gasteiger charge is 2.25. The summed E-state index contributed by atoms with van der Waals surface area (Å²) >= 11 is 3.21. The summed E-state index contributed by atoms with van der Waals surface area (Å²) in [6, 6.07) is 4.86. The highest BCUT2D eigenvalue weighted by molar-refractivity contribution is 9.10. The summed E-state index contributed by atoms with van der Waals surface area (Å²) in [6.07, 6.45) is 5.16. The van der Waals surface area contributed by atoms with Gasteiger partial charge in [-0.25, -0.2) is 4.39 Å². The lowest BCUT2D eigenvalue weighted by molar-refractivity contribution is 0.0839. The van der Waals surface area contributed by atoms with E-state index in [1.54, 1.807) is 12.1 Å². The van der Waals surface area contributed by atoms with E-state index in [-0.39, 0.29) is 11.7 Å². The molecule has 3 heteroatoms. The Labute approximate surface area is 104 Å². The van der Waals surface area contributed by atoms with Crippen molar-refractivity contribution < 1.29 is 9.50 Å². The molecule has 1 saturated carbocycles. The van der Waals surface area contributed by atoms with Crippen molar-refractivity contribution in [3.05, 3.63) is 34.1 Å². The summed E-state index contributed by atoms with van der Waals surface area (Å²) in [5, 5.41) is 10.3. The van der Waals surface area contributed by atoms with Crippen LogP contribution >= 0.6 is 15.9 Å². The summed E-state index contributed by atoms with van der Waals surface area (Å²) in [5.41, 5.74) is 0.687. The molecule has 1 fully saturated rings. The van der Waals surface area contributed by atoms with Crippen LogP contribution in [-0.2, 0) is 0 Å². The van der Waals surface area contributed by atoms with Crippen molar-refractivity contribution in [2.45, 2.75) is 38.2 Å². The minimum Gasteiger partial charge on any atom is -0.388 e. The Morgan fingerprint density at radius 2 is 1.94 bits per heavy atom. The fraction of sp³-hybridized carbons (Fsp3) is 0.538. The Balaban J connectivity index is 2.19. The molecule has 2 rings (SSSR count). The van der Waals surface area contributed by atoms with Gasteiger partial charge in [0.05, 0.1) is 10.6 Å². The lowest BCUT2D eigenvalue weighted by Crippen LogP contribution is -2.16. The van der Waals surface area contributed by atoms with Crippen LogP contribution in [0.3, 0.4) is 0 Å². The zero-order chi connectivity index (χ0) is 11.5. The van der Waals surface area contributed by atoms with E-state index in [1.165, 1.54) is 25.3 Å². The molecule has 1 aromatic rings. The van der Waals surface area contributed by atoms with Crippen LogP contribution in [0.15, 0.2) is 22.7 Å². The normalized spacial score (nSPS) is 19.7. The van der Waals surface area contributed by atoms with E-state index in [9.17, 15) is 9.50 Å². The first-order valence-electron chi connectivity index (χ1n) is 5.82. The largest absolute Gasteiger partial charge is 0.388 e. The van der Waals surface area contributed by atoms with Crippen LogP contribution in [0.1, 0.15) is 43.8 Å². The van der Waals surface area contributed by atoms with Crippen molar-refractivity contribution in [1.29, 1.82) is 0 Å². The highest BCUT2D eigenvalue weighted by atomic mass is 79.9. The smallest absolute Gasteiger partial charge is 0.137 e. The van der Waals surface area contributed by atoms with E-state index in [0.29, 0.717) is 10.0 Å². The van der Waals surface area contributed by atoms with Gasteiger partial charge in [0.25, 0.3) is 0 Å². The van der Waals surface area contributed by atoms with Crippen molar-refractivity contribution in [2.24, 2.45) is 5.92 Å². The maximum Gasteiger partial charge on any atom is 0.137 e. The molecule has 0 spiro atoms. The molecular formula is C13H16BrFO. The molecule has 88 valence electrons. The lowest BCUT2D eigenvalue weighted by Gasteiger charge is -2.27. The van der Waals surface area contributed by atoms with Gasteiger partial charge in [0, 0.05) is 0 Å². The molecular weight excluding hydrogens is 271 g/mol. The molecule has 1 nitrogen and oxygen atoms in total. The summed E-state index contributed by atoms with van der Waals surface area (Å²) < 4.78 is 13.8. The van der Waals surface area contributed by atoms with Gasteiger partial charge in [0.1, 0.15) is 5.82 Å². The fourth-order valence-corrected chi connectivity index (χ4v) is 2.95. The third kappa shape index (κ3) is 2.46. The van der Waals surface area contributed by atoms with E-state index in [0.717, 1.165) is 12.8 Å². The number of aliphatic hydroxyl groups is 1. The van der Waals surface area contributed by atoms with Crippen LogP contribution < -0.4 is 0 Å². The predicted molar refractivity (Wildman–Crippen MR) is 65.6 cm³/mol. The van der Waals surface area contributed by atoms with Crippen molar-refractivity contribution in [2.75, 3.05) is 0 Å². The summed E-state index contributed by atoms with van der Waals surface area (Å²) in [7, 11) is 0. The molecule has 1 unspecified atom stereocenters. The second kappa shape index (κ2) is 5.28. The van der Waals surface area contributed by atoms with E-state index in [2.05, 4.69) is 15.9 Å². The molecule has 0 aliphatic heterocycles. The SMILES string of the molecule is OC(c1cccc(F)c1Br)C1CCCCC1. The topological polar surface area (TPSA) is 20.2 Å². The van der Waals surface area contributed by atoms with Crippen molar-refractivity contribution in [1.82, 2.24) is 0 Å². The summed E-state index contributed by atoms with van der Waals surface area (Å²) in [5.74, 6) is -0.0146. The average Bonchev–Trinajstić information content (AvgIpc) is 2.33. The maximum atomic E-state index is 13.3. The first-order valence-corrected chi connectivity index (χ1v) is 6.61. The fourth-order valence-electron chi connectivity index (χ4n) is 2.45. The van der Waals surface area contributed by atoms with Gasteiger partial charge in [-0.15, -0.1) is 0 Å². The number of aliphatic hydroxyl groups excluding tert-OH is 1. The van der Waals surface area contributed by atoms with Crippen LogP contribution in [0.25, 0.3) is 0 Å². The van der Waals surface area contributed by atoms with Crippen LogP contribution in [-0.4, -0.2) is 5.11 Å². The first kappa shape index (κ1) is 12.1. The average molecular weight is 287 g/mol. The molecule has 1 atom stereocenters. The zero-order valence-corrected chi connectivity index (χ0v) is 10.7. The summed E-state index contributed by atoms with van der Waals surface area (Å²) in [6.45, 7) is 0. The van der Waals surface area contributed by atoms with Crippen LogP contribution in [0, 0.1) is 11.7 Å². The monoisotopic (exact) mass is 286 g/mol. The van der Waals surface area contributed by atoms with Gasteiger partial charge >= 0.3 is 0 Å². The molecule has 0 aromatic heterocycles. The molecule has 16 heavy (non-hydrogen) atoms. The minimum absolute atomic E-state index is 0.284. The Morgan fingerprint density at radius 3 is 2.62 bits per heavy atom. The molecule has 1 N–H and O–H groups in total. The van der Waals surface area contributed by atoms with Gasteiger partial charge in [-0.1, -0.05) is 31.4 Å². The molecule has 0 saturated heterocycles. The van der Waals surface area contributed by atoms with E-state index < -0.39 is 6.10 Å². The van der Waals surface area contributed by atoms with Gasteiger partial charge < -0.3 is 5.11 Å². The Morgan fingerprint density at radius 1 is 1.25 bits per heavy atom.